The quantitative estimate of drug-likeness (QED) is 0.789. The van der Waals surface area contributed by atoms with Gasteiger partial charge < -0.3 is 15.5 Å². The van der Waals surface area contributed by atoms with Crippen molar-refractivity contribution in [2.75, 3.05) is 25.7 Å². The Labute approximate surface area is 142 Å². The van der Waals surface area contributed by atoms with Crippen molar-refractivity contribution in [2.45, 2.75) is 23.4 Å². The molecule has 0 saturated carbocycles. The first-order valence-electron chi connectivity index (χ1n) is 7.47. The summed E-state index contributed by atoms with van der Waals surface area (Å²) in [6, 6.07) is 5.79. The molecule has 0 radical (unpaired) electrons. The topological polar surface area (TPSA) is 81.1 Å². The molecular weight excluding hydrogens is 333 g/mol. The summed E-state index contributed by atoms with van der Waals surface area (Å²) in [5, 5.41) is 11.1. The molecule has 1 amide bonds. The van der Waals surface area contributed by atoms with Gasteiger partial charge in [-0.2, -0.15) is 0 Å². The minimum atomic E-state index is -0.455. The van der Waals surface area contributed by atoms with Crippen molar-refractivity contribution in [3.8, 4) is 0 Å². The van der Waals surface area contributed by atoms with E-state index in [2.05, 4.69) is 20.9 Å². The van der Waals surface area contributed by atoms with Gasteiger partial charge in [-0.3, -0.25) is 4.79 Å². The van der Waals surface area contributed by atoms with E-state index in [-0.39, 0.29) is 17.8 Å². The van der Waals surface area contributed by atoms with Crippen LogP contribution in [-0.2, 0) is 9.53 Å². The molecule has 128 valence electrons. The summed E-state index contributed by atoms with van der Waals surface area (Å²) < 4.78 is 19.9. The van der Waals surface area contributed by atoms with E-state index in [1.54, 1.807) is 23.9 Å². The smallest absolute Gasteiger partial charge is 0.236 e. The van der Waals surface area contributed by atoms with E-state index >= 15 is 0 Å². The lowest BCUT2D eigenvalue weighted by Gasteiger charge is -2.32. The van der Waals surface area contributed by atoms with Gasteiger partial charge in [-0.15, -0.1) is 10.2 Å². The minimum absolute atomic E-state index is 0.134. The van der Waals surface area contributed by atoms with Crippen LogP contribution in [0.3, 0.4) is 0 Å². The fourth-order valence-electron chi connectivity index (χ4n) is 2.46. The molecular formula is C15H18FN5O2S. The molecule has 2 N–H and O–H groups in total. The van der Waals surface area contributed by atoms with E-state index in [0.29, 0.717) is 24.1 Å². The molecule has 2 atom stereocenters. The highest BCUT2D eigenvalue weighted by molar-refractivity contribution is 8.00. The number of nitrogens with one attached hydrogen (secondary N) is 2. The SMILES string of the molecule is COCCNC(=O)[C@H]1Sc2nnc(C)n2N[C@@H]1c1ccc(F)cc1. The molecule has 0 spiro atoms. The number of nitrogens with zero attached hydrogens (tertiary/aromatic N) is 3. The summed E-state index contributed by atoms with van der Waals surface area (Å²) in [4.78, 5) is 12.6. The van der Waals surface area contributed by atoms with Crippen LogP contribution in [0.5, 0.6) is 0 Å². The highest BCUT2D eigenvalue weighted by Crippen LogP contribution is 2.36. The van der Waals surface area contributed by atoms with Gasteiger partial charge in [-0.1, -0.05) is 23.9 Å². The van der Waals surface area contributed by atoms with E-state index in [4.69, 9.17) is 4.74 Å². The number of methoxy groups -OCH3 is 1. The Morgan fingerprint density at radius 1 is 1.42 bits per heavy atom. The lowest BCUT2D eigenvalue weighted by atomic mass is 10.0. The van der Waals surface area contributed by atoms with Crippen molar-refractivity contribution in [3.63, 3.8) is 0 Å². The van der Waals surface area contributed by atoms with Crippen molar-refractivity contribution in [1.82, 2.24) is 20.2 Å². The molecule has 9 heteroatoms. The zero-order chi connectivity index (χ0) is 17.1. The maximum absolute atomic E-state index is 13.2. The Balaban J connectivity index is 1.87. The summed E-state index contributed by atoms with van der Waals surface area (Å²) in [7, 11) is 1.58. The van der Waals surface area contributed by atoms with Gasteiger partial charge in [0.15, 0.2) is 0 Å². The third-order valence-corrected chi connectivity index (χ3v) is 4.91. The van der Waals surface area contributed by atoms with E-state index in [1.165, 1.54) is 23.9 Å². The van der Waals surface area contributed by atoms with Crippen LogP contribution >= 0.6 is 11.8 Å². The Bertz CT molecular complexity index is 721. The lowest BCUT2D eigenvalue weighted by Crippen LogP contribution is -2.44. The second kappa shape index (κ2) is 7.18. The van der Waals surface area contributed by atoms with Gasteiger partial charge in [-0.25, -0.2) is 9.07 Å². The Kier molecular flexibility index (Phi) is 5.00. The van der Waals surface area contributed by atoms with E-state index in [9.17, 15) is 9.18 Å². The zero-order valence-electron chi connectivity index (χ0n) is 13.3. The number of hydrogen-bond acceptors (Lipinski definition) is 6. The summed E-state index contributed by atoms with van der Waals surface area (Å²) in [6.45, 7) is 2.69. The van der Waals surface area contributed by atoms with Gasteiger partial charge >= 0.3 is 0 Å². The number of carbonyl (C=O) groups excluding carboxylic acids is 1. The molecule has 1 aromatic heterocycles. The van der Waals surface area contributed by atoms with Crippen LogP contribution in [-0.4, -0.2) is 46.3 Å². The highest BCUT2D eigenvalue weighted by atomic mass is 32.2. The molecule has 1 aromatic carbocycles. The van der Waals surface area contributed by atoms with Crippen LogP contribution in [0.15, 0.2) is 29.4 Å². The number of amides is 1. The molecule has 1 aliphatic heterocycles. The molecule has 7 nitrogen and oxygen atoms in total. The minimum Gasteiger partial charge on any atom is -0.383 e. The van der Waals surface area contributed by atoms with Gasteiger partial charge in [0.2, 0.25) is 11.1 Å². The van der Waals surface area contributed by atoms with Crippen LogP contribution < -0.4 is 10.7 Å². The van der Waals surface area contributed by atoms with Crippen LogP contribution in [0.2, 0.25) is 0 Å². The molecule has 0 unspecified atom stereocenters. The fraction of sp³-hybridized carbons (Fsp3) is 0.400. The van der Waals surface area contributed by atoms with Gasteiger partial charge in [0.1, 0.15) is 16.9 Å². The molecule has 24 heavy (non-hydrogen) atoms. The Hall–Kier alpha value is -2.13. The number of benzene rings is 1. The first-order valence-corrected chi connectivity index (χ1v) is 8.35. The van der Waals surface area contributed by atoms with Gasteiger partial charge in [0.25, 0.3) is 0 Å². The Morgan fingerprint density at radius 2 is 2.17 bits per heavy atom. The molecule has 1 aliphatic rings. The maximum Gasteiger partial charge on any atom is 0.236 e. The molecule has 3 rings (SSSR count). The first kappa shape index (κ1) is 16.7. The summed E-state index contributed by atoms with van der Waals surface area (Å²) >= 11 is 1.33. The van der Waals surface area contributed by atoms with Crippen LogP contribution in [0, 0.1) is 12.7 Å². The van der Waals surface area contributed by atoms with E-state index in [1.807, 2.05) is 6.92 Å². The summed E-state index contributed by atoms with van der Waals surface area (Å²) in [6.07, 6.45) is 0. The number of aryl methyl sites for hydroxylation is 1. The van der Waals surface area contributed by atoms with Crippen LogP contribution in [0.25, 0.3) is 0 Å². The maximum atomic E-state index is 13.2. The number of ether oxygens (including phenoxy) is 1. The number of halogens is 1. The number of rotatable bonds is 5. The molecule has 0 bridgehead atoms. The Morgan fingerprint density at radius 3 is 2.88 bits per heavy atom. The van der Waals surface area contributed by atoms with Crippen molar-refractivity contribution >= 4 is 17.7 Å². The first-order chi connectivity index (χ1) is 11.6. The van der Waals surface area contributed by atoms with Crippen molar-refractivity contribution in [1.29, 1.82) is 0 Å². The highest BCUT2D eigenvalue weighted by Gasteiger charge is 2.37. The number of aromatic nitrogens is 3. The predicted octanol–water partition coefficient (Wildman–Crippen LogP) is 1.25. The molecule has 0 fully saturated rings. The summed E-state index contributed by atoms with van der Waals surface area (Å²) in [5.41, 5.74) is 4.07. The van der Waals surface area contributed by atoms with E-state index < -0.39 is 5.25 Å². The molecule has 2 heterocycles. The second-order valence-corrected chi connectivity index (χ2v) is 6.45. The predicted molar refractivity (Wildman–Crippen MR) is 87.8 cm³/mol. The van der Waals surface area contributed by atoms with Gasteiger partial charge in [-0.05, 0) is 24.6 Å². The number of thioether (sulfide) groups is 1. The number of hydrogen-bond donors (Lipinski definition) is 2. The number of carbonyl (C=O) groups is 1. The van der Waals surface area contributed by atoms with Crippen LogP contribution in [0.4, 0.5) is 4.39 Å². The third kappa shape index (κ3) is 3.36. The second-order valence-electron chi connectivity index (χ2n) is 5.35. The normalized spacial score (nSPS) is 19.5. The van der Waals surface area contributed by atoms with Gasteiger partial charge in [0.05, 0.1) is 12.6 Å². The van der Waals surface area contributed by atoms with Crippen LogP contribution in [0.1, 0.15) is 17.4 Å². The molecule has 0 saturated heterocycles. The third-order valence-electron chi connectivity index (χ3n) is 3.69. The summed E-state index contributed by atoms with van der Waals surface area (Å²) in [5.74, 6) is 0.248. The lowest BCUT2D eigenvalue weighted by molar-refractivity contribution is -0.121. The fourth-order valence-corrected chi connectivity index (χ4v) is 3.61. The van der Waals surface area contributed by atoms with Crippen molar-refractivity contribution in [3.05, 3.63) is 41.5 Å². The van der Waals surface area contributed by atoms with Crippen molar-refractivity contribution < 1.29 is 13.9 Å². The van der Waals surface area contributed by atoms with Gasteiger partial charge in [0, 0.05) is 13.7 Å². The largest absolute Gasteiger partial charge is 0.383 e. The van der Waals surface area contributed by atoms with E-state index in [0.717, 1.165) is 5.56 Å². The van der Waals surface area contributed by atoms with Crippen molar-refractivity contribution in [2.24, 2.45) is 0 Å². The average molecular weight is 351 g/mol. The average Bonchev–Trinajstić information content (AvgIpc) is 2.95. The monoisotopic (exact) mass is 351 g/mol. The molecule has 2 aromatic rings. The molecule has 0 aliphatic carbocycles. The standard InChI is InChI=1S/C15H18FN5O2S/c1-9-18-19-15-21(9)20-12(10-3-5-11(16)6-4-10)13(24-15)14(22)17-7-8-23-2/h3-6,12-13,20H,7-8H2,1-2H3,(H,17,22)/t12-,13+/m1/s1. The zero-order valence-corrected chi connectivity index (χ0v) is 14.1. The number of fused-ring (bicyclic) bond motifs is 1.